The molecule has 1 unspecified atom stereocenters. The van der Waals surface area contributed by atoms with Gasteiger partial charge < -0.3 is 4.90 Å². The van der Waals surface area contributed by atoms with E-state index in [1.54, 1.807) is 11.8 Å². The van der Waals surface area contributed by atoms with Gasteiger partial charge in [0, 0.05) is 36.0 Å². The predicted molar refractivity (Wildman–Crippen MR) is 73.8 cm³/mol. The minimum absolute atomic E-state index is 0.226. The van der Waals surface area contributed by atoms with Crippen molar-refractivity contribution in [3.8, 4) is 0 Å². The van der Waals surface area contributed by atoms with E-state index in [0.717, 1.165) is 19.5 Å². The van der Waals surface area contributed by atoms with Crippen molar-refractivity contribution in [1.29, 1.82) is 0 Å². The molecule has 0 saturated carbocycles. The van der Waals surface area contributed by atoms with E-state index in [0.29, 0.717) is 12.2 Å². The first-order chi connectivity index (χ1) is 8.24. The molecule has 0 amide bonds. The van der Waals surface area contributed by atoms with E-state index in [9.17, 15) is 4.79 Å². The Hall–Kier alpha value is -0.960. The van der Waals surface area contributed by atoms with Crippen molar-refractivity contribution in [2.24, 2.45) is 5.92 Å². The molecule has 0 radical (unpaired) electrons. The first-order valence-corrected chi connectivity index (χ1v) is 7.38. The zero-order chi connectivity index (χ0) is 12.3. The van der Waals surface area contributed by atoms with Crippen LogP contribution in [-0.2, 0) is 4.79 Å². The van der Waals surface area contributed by atoms with Crippen LogP contribution in [0.3, 0.4) is 0 Å². The van der Waals surface area contributed by atoms with E-state index in [1.165, 1.54) is 10.6 Å². The summed E-state index contributed by atoms with van der Waals surface area (Å²) in [5.74, 6) is 0.661. The molecule has 0 bridgehead atoms. The summed E-state index contributed by atoms with van der Waals surface area (Å²) in [6.45, 7) is 3.85. The fourth-order valence-corrected chi connectivity index (χ4v) is 2.70. The number of rotatable bonds is 3. The lowest BCUT2D eigenvalue weighted by Crippen LogP contribution is -2.40. The predicted octanol–water partition coefficient (Wildman–Crippen LogP) is 3.21. The van der Waals surface area contributed by atoms with Crippen LogP contribution in [0.5, 0.6) is 0 Å². The molecular weight excluding hydrogens is 230 g/mol. The van der Waals surface area contributed by atoms with Crippen molar-refractivity contribution in [2.45, 2.75) is 24.7 Å². The third-order valence-corrected chi connectivity index (χ3v) is 4.20. The molecule has 0 N–H and O–H groups in total. The molecule has 1 aromatic carbocycles. The Bertz CT molecular complexity index is 388. The number of hydrogen-bond acceptors (Lipinski definition) is 3. The molecule has 1 saturated heterocycles. The van der Waals surface area contributed by atoms with Crippen molar-refractivity contribution in [3.05, 3.63) is 24.3 Å². The fourth-order valence-electron chi connectivity index (χ4n) is 2.29. The number of piperidine rings is 1. The van der Waals surface area contributed by atoms with Gasteiger partial charge in [0.25, 0.3) is 0 Å². The van der Waals surface area contributed by atoms with Gasteiger partial charge in [0.15, 0.2) is 0 Å². The van der Waals surface area contributed by atoms with Crippen LogP contribution in [-0.4, -0.2) is 25.1 Å². The zero-order valence-electron chi connectivity index (χ0n) is 10.5. The number of nitrogens with zero attached hydrogens (tertiary/aromatic N) is 1. The smallest absolute Gasteiger partial charge is 0.139 e. The number of carbonyl (C=O) groups is 1. The van der Waals surface area contributed by atoms with E-state index in [4.69, 9.17) is 0 Å². The van der Waals surface area contributed by atoms with Gasteiger partial charge in [0.2, 0.25) is 0 Å². The van der Waals surface area contributed by atoms with Gasteiger partial charge in [-0.1, -0.05) is 6.92 Å². The van der Waals surface area contributed by atoms with Gasteiger partial charge in [-0.2, -0.15) is 0 Å². The molecule has 1 heterocycles. The Morgan fingerprint density at radius 1 is 1.35 bits per heavy atom. The molecule has 0 aromatic heterocycles. The second kappa shape index (κ2) is 5.58. The zero-order valence-corrected chi connectivity index (χ0v) is 11.3. The first kappa shape index (κ1) is 12.5. The third-order valence-electron chi connectivity index (χ3n) is 3.45. The van der Waals surface area contributed by atoms with E-state index in [1.807, 2.05) is 0 Å². The van der Waals surface area contributed by atoms with Crippen LogP contribution in [0.2, 0.25) is 0 Å². The highest BCUT2D eigenvalue weighted by Gasteiger charge is 2.25. The SMILES string of the molecule is CCC1CN(c2ccc(SC)cc2)CCC1=O. The summed E-state index contributed by atoms with van der Waals surface area (Å²) in [4.78, 5) is 15.3. The summed E-state index contributed by atoms with van der Waals surface area (Å²) in [6.07, 6.45) is 3.74. The van der Waals surface area contributed by atoms with Crippen molar-refractivity contribution in [3.63, 3.8) is 0 Å². The van der Waals surface area contributed by atoms with Crippen molar-refractivity contribution in [2.75, 3.05) is 24.2 Å². The Labute approximate surface area is 107 Å². The average molecular weight is 249 g/mol. The lowest BCUT2D eigenvalue weighted by Gasteiger charge is -2.33. The molecule has 1 atom stereocenters. The lowest BCUT2D eigenvalue weighted by molar-refractivity contribution is -0.123. The molecule has 1 fully saturated rings. The van der Waals surface area contributed by atoms with Crippen LogP contribution in [0, 0.1) is 5.92 Å². The molecule has 1 aromatic rings. The van der Waals surface area contributed by atoms with E-state index >= 15 is 0 Å². The van der Waals surface area contributed by atoms with E-state index < -0.39 is 0 Å². The van der Waals surface area contributed by atoms with Crippen LogP contribution in [0.15, 0.2) is 29.2 Å². The van der Waals surface area contributed by atoms with Gasteiger partial charge in [-0.15, -0.1) is 11.8 Å². The van der Waals surface area contributed by atoms with E-state index in [-0.39, 0.29) is 5.92 Å². The molecular formula is C14H19NOS. The number of benzene rings is 1. The number of hydrogen-bond donors (Lipinski definition) is 0. The van der Waals surface area contributed by atoms with Gasteiger partial charge in [-0.05, 0) is 36.9 Å². The van der Waals surface area contributed by atoms with Crippen molar-refractivity contribution < 1.29 is 4.79 Å². The van der Waals surface area contributed by atoms with Crippen LogP contribution < -0.4 is 4.90 Å². The number of carbonyl (C=O) groups excluding carboxylic acids is 1. The molecule has 0 spiro atoms. The van der Waals surface area contributed by atoms with Gasteiger partial charge in [-0.25, -0.2) is 0 Å². The Morgan fingerprint density at radius 2 is 2.06 bits per heavy atom. The highest BCUT2D eigenvalue weighted by atomic mass is 32.2. The third kappa shape index (κ3) is 2.83. The molecule has 17 heavy (non-hydrogen) atoms. The largest absolute Gasteiger partial charge is 0.370 e. The van der Waals surface area contributed by atoms with Gasteiger partial charge in [-0.3, -0.25) is 4.79 Å². The van der Waals surface area contributed by atoms with Crippen LogP contribution in [0.4, 0.5) is 5.69 Å². The summed E-state index contributed by atoms with van der Waals surface area (Å²) in [5, 5.41) is 0. The average Bonchev–Trinajstić information content (AvgIpc) is 2.39. The van der Waals surface area contributed by atoms with Gasteiger partial charge in [0.1, 0.15) is 5.78 Å². The molecule has 2 nitrogen and oxygen atoms in total. The Morgan fingerprint density at radius 3 is 2.65 bits per heavy atom. The highest BCUT2D eigenvalue weighted by molar-refractivity contribution is 7.98. The summed E-state index contributed by atoms with van der Waals surface area (Å²) in [5.41, 5.74) is 1.24. The Kier molecular flexibility index (Phi) is 4.11. The maximum Gasteiger partial charge on any atom is 0.139 e. The monoisotopic (exact) mass is 249 g/mol. The summed E-state index contributed by atoms with van der Waals surface area (Å²) >= 11 is 1.76. The lowest BCUT2D eigenvalue weighted by atomic mass is 9.94. The standard InChI is InChI=1S/C14H19NOS/c1-3-11-10-15(9-8-14(11)16)12-4-6-13(17-2)7-5-12/h4-7,11H,3,8-10H2,1-2H3. The fraction of sp³-hybridized carbons (Fsp3) is 0.500. The molecule has 1 aliphatic heterocycles. The quantitative estimate of drug-likeness (QED) is 0.767. The van der Waals surface area contributed by atoms with Crippen molar-refractivity contribution >= 4 is 23.2 Å². The Balaban J connectivity index is 2.09. The van der Waals surface area contributed by atoms with Gasteiger partial charge in [0.05, 0.1) is 0 Å². The van der Waals surface area contributed by atoms with Crippen molar-refractivity contribution in [1.82, 2.24) is 0 Å². The summed E-state index contributed by atoms with van der Waals surface area (Å²) in [7, 11) is 0. The molecule has 2 rings (SSSR count). The minimum atomic E-state index is 0.226. The number of thioether (sulfide) groups is 1. The summed E-state index contributed by atoms with van der Waals surface area (Å²) in [6, 6.07) is 8.62. The van der Waals surface area contributed by atoms with Crippen LogP contribution in [0.25, 0.3) is 0 Å². The van der Waals surface area contributed by atoms with E-state index in [2.05, 4.69) is 42.3 Å². The molecule has 0 aliphatic carbocycles. The summed E-state index contributed by atoms with van der Waals surface area (Å²) < 4.78 is 0. The maximum absolute atomic E-state index is 11.7. The minimum Gasteiger partial charge on any atom is -0.370 e. The number of anilines is 1. The first-order valence-electron chi connectivity index (χ1n) is 6.16. The molecule has 1 aliphatic rings. The molecule has 3 heteroatoms. The van der Waals surface area contributed by atoms with Gasteiger partial charge >= 0.3 is 0 Å². The highest BCUT2D eigenvalue weighted by Crippen LogP contribution is 2.25. The van der Waals surface area contributed by atoms with Crippen LogP contribution >= 0.6 is 11.8 Å². The number of ketones is 1. The topological polar surface area (TPSA) is 20.3 Å². The second-order valence-corrected chi connectivity index (χ2v) is 5.35. The second-order valence-electron chi connectivity index (χ2n) is 4.47. The van der Waals surface area contributed by atoms with Crippen LogP contribution in [0.1, 0.15) is 19.8 Å². The normalized spacial score (nSPS) is 20.7. The maximum atomic E-state index is 11.7. The number of Topliss-reactive ketones (excluding diaryl/α,β-unsaturated/α-hetero) is 1. The molecule has 92 valence electrons.